The van der Waals surface area contributed by atoms with Crippen LogP contribution in [0.4, 0.5) is 0 Å². The molecule has 0 spiro atoms. The second kappa shape index (κ2) is 4.40. The maximum absolute atomic E-state index is 9.57. The molecule has 1 heterocycles. The Balaban J connectivity index is 2.01. The Hall–Kier alpha value is -0.120. The molecule has 0 radical (unpaired) electrons. The highest BCUT2D eigenvalue weighted by Crippen LogP contribution is 2.52. The first-order valence-corrected chi connectivity index (χ1v) is 6.11. The lowest BCUT2D eigenvalue weighted by Gasteiger charge is -2.28. The SMILES string of the molecule is CCOC1C[C@]2(C[C@H](C)O)CCC[C@@H]2O1. The molecule has 3 nitrogen and oxygen atoms in total. The molecule has 1 saturated heterocycles. The van der Waals surface area contributed by atoms with E-state index in [9.17, 15) is 5.11 Å². The van der Waals surface area contributed by atoms with Gasteiger partial charge in [0.2, 0.25) is 0 Å². The van der Waals surface area contributed by atoms with Gasteiger partial charge in [-0.1, -0.05) is 6.42 Å². The van der Waals surface area contributed by atoms with Crippen LogP contribution in [0.25, 0.3) is 0 Å². The van der Waals surface area contributed by atoms with Gasteiger partial charge in [0.1, 0.15) is 0 Å². The maximum atomic E-state index is 9.57. The van der Waals surface area contributed by atoms with Gasteiger partial charge in [-0.3, -0.25) is 0 Å². The number of hydrogen-bond donors (Lipinski definition) is 1. The number of aliphatic hydroxyl groups excluding tert-OH is 1. The summed E-state index contributed by atoms with van der Waals surface area (Å²) in [7, 11) is 0. The first-order chi connectivity index (χ1) is 7.16. The molecule has 2 aliphatic rings. The zero-order valence-electron chi connectivity index (χ0n) is 9.74. The fourth-order valence-electron chi connectivity index (χ4n) is 3.31. The summed E-state index contributed by atoms with van der Waals surface area (Å²) in [6.45, 7) is 4.58. The molecule has 0 bridgehead atoms. The summed E-state index contributed by atoms with van der Waals surface area (Å²) in [4.78, 5) is 0. The minimum atomic E-state index is -0.227. The van der Waals surface area contributed by atoms with Gasteiger partial charge >= 0.3 is 0 Å². The Morgan fingerprint density at radius 1 is 1.60 bits per heavy atom. The zero-order chi connectivity index (χ0) is 10.9. The monoisotopic (exact) mass is 214 g/mol. The molecule has 0 aromatic rings. The van der Waals surface area contributed by atoms with Crippen LogP contribution >= 0.6 is 0 Å². The smallest absolute Gasteiger partial charge is 0.158 e. The van der Waals surface area contributed by atoms with E-state index >= 15 is 0 Å². The largest absolute Gasteiger partial charge is 0.393 e. The van der Waals surface area contributed by atoms with Gasteiger partial charge in [0, 0.05) is 18.4 Å². The molecule has 4 atom stereocenters. The van der Waals surface area contributed by atoms with Crippen molar-refractivity contribution in [3.05, 3.63) is 0 Å². The predicted molar refractivity (Wildman–Crippen MR) is 57.5 cm³/mol. The number of fused-ring (bicyclic) bond motifs is 1. The average molecular weight is 214 g/mol. The number of aliphatic hydroxyl groups is 1. The van der Waals surface area contributed by atoms with Crippen molar-refractivity contribution in [3.8, 4) is 0 Å². The van der Waals surface area contributed by atoms with Crippen molar-refractivity contribution in [2.45, 2.75) is 64.4 Å². The lowest BCUT2D eigenvalue weighted by Crippen LogP contribution is -2.29. The number of hydrogen-bond acceptors (Lipinski definition) is 3. The second-order valence-electron chi connectivity index (χ2n) is 5.02. The lowest BCUT2D eigenvalue weighted by molar-refractivity contribution is -0.131. The topological polar surface area (TPSA) is 38.7 Å². The quantitative estimate of drug-likeness (QED) is 0.778. The molecule has 3 heteroatoms. The van der Waals surface area contributed by atoms with E-state index in [1.807, 2.05) is 13.8 Å². The van der Waals surface area contributed by atoms with Crippen LogP contribution < -0.4 is 0 Å². The first-order valence-electron chi connectivity index (χ1n) is 6.11. The Labute approximate surface area is 91.8 Å². The third kappa shape index (κ3) is 2.19. The summed E-state index contributed by atoms with van der Waals surface area (Å²) < 4.78 is 11.4. The van der Waals surface area contributed by atoms with Crippen molar-refractivity contribution < 1.29 is 14.6 Å². The molecule has 15 heavy (non-hydrogen) atoms. The minimum Gasteiger partial charge on any atom is -0.393 e. The van der Waals surface area contributed by atoms with Crippen molar-refractivity contribution in [1.29, 1.82) is 0 Å². The van der Waals surface area contributed by atoms with Crippen LogP contribution in [-0.2, 0) is 9.47 Å². The fraction of sp³-hybridized carbons (Fsp3) is 1.00. The van der Waals surface area contributed by atoms with Crippen molar-refractivity contribution in [2.75, 3.05) is 6.61 Å². The van der Waals surface area contributed by atoms with Gasteiger partial charge < -0.3 is 14.6 Å². The third-order valence-corrected chi connectivity index (χ3v) is 3.77. The van der Waals surface area contributed by atoms with Crippen molar-refractivity contribution in [1.82, 2.24) is 0 Å². The molecular formula is C12H22O3. The van der Waals surface area contributed by atoms with Crippen molar-refractivity contribution >= 4 is 0 Å². The van der Waals surface area contributed by atoms with Crippen molar-refractivity contribution in [2.24, 2.45) is 5.41 Å². The summed E-state index contributed by atoms with van der Waals surface area (Å²) in [6.07, 6.45) is 5.45. The van der Waals surface area contributed by atoms with Gasteiger partial charge in [-0.2, -0.15) is 0 Å². The van der Waals surface area contributed by atoms with Crippen LogP contribution in [0.3, 0.4) is 0 Å². The van der Waals surface area contributed by atoms with Gasteiger partial charge in [0.05, 0.1) is 12.2 Å². The number of ether oxygens (including phenoxy) is 2. The first kappa shape index (κ1) is 11.4. The Morgan fingerprint density at radius 2 is 2.40 bits per heavy atom. The maximum Gasteiger partial charge on any atom is 0.158 e. The van der Waals surface area contributed by atoms with Gasteiger partial charge in [-0.15, -0.1) is 0 Å². The Kier molecular flexibility index (Phi) is 3.33. The van der Waals surface area contributed by atoms with Gasteiger partial charge in [0.15, 0.2) is 6.29 Å². The standard InChI is InChI=1S/C12H22O3/c1-3-14-11-8-12(7-9(2)13)6-4-5-10(12)15-11/h9-11,13H,3-8H2,1-2H3/t9-,10-,11?,12+/m0/s1. The molecule has 1 aliphatic heterocycles. The van der Waals surface area contributed by atoms with E-state index in [0.717, 1.165) is 19.3 Å². The zero-order valence-corrected chi connectivity index (χ0v) is 9.74. The van der Waals surface area contributed by atoms with Crippen LogP contribution in [0.1, 0.15) is 46.0 Å². The highest BCUT2D eigenvalue weighted by atomic mass is 16.7. The van der Waals surface area contributed by atoms with Crippen LogP contribution in [0.5, 0.6) is 0 Å². The summed E-state index contributed by atoms with van der Waals surface area (Å²) in [6, 6.07) is 0. The minimum absolute atomic E-state index is 0.0287. The third-order valence-electron chi connectivity index (χ3n) is 3.77. The fourth-order valence-corrected chi connectivity index (χ4v) is 3.31. The van der Waals surface area contributed by atoms with E-state index in [-0.39, 0.29) is 17.8 Å². The number of rotatable bonds is 4. The summed E-state index contributed by atoms with van der Waals surface area (Å²) in [5.41, 5.74) is 0.202. The molecule has 2 rings (SSSR count). The predicted octanol–water partition coefficient (Wildman–Crippen LogP) is 2.08. The van der Waals surface area contributed by atoms with Crippen LogP contribution in [0.2, 0.25) is 0 Å². The summed E-state index contributed by atoms with van der Waals surface area (Å²) >= 11 is 0. The van der Waals surface area contributed by atoms with Crippen molar-refractivity contribution in [3.63, 3.8) is 0 Å². The normalized spacial score (nSPS) is 41.8. The van der Waals surface area contributed by atoms with Gasteiger partial charge in [-0.25, -0.2) is 0 Å². The highest BCUT2D eigenvalue weighted by molar-refractivity contribution is 4.98. The van der Waals surface area contributed by atoms with Gasteiger partial charge in [0.25, 0.3) is 0 Å². The molecule has 0 amide bonds. The molecular weight excluding hydrogens is 192 g/mol. The average Bonchev–Trinajstić information content (AvgIpc) is 2.59. The molecule has 0 aromatic heterocycles. The van der Waals surface area contributed by atoms with Crippen LogP contribution in [0.15, 0.2) is 0 Å². The molecule has 0 aromatic carbocycles. The molecule has 2 fully saturated rings. The second-order valence-corrected chi connectivity index (χ2v) is 5.02. The Morgan fingerprint density at radius 3 is 3.07 bits per heavy atom. The van der Waals surface area contributed by atoms with Crippen LogP contribution in [-0.4, -0.2) is 30.2 Å². The summed E-state index contributed by atoms with van der Waals surface area (Å²) in [5, 5.41) is 9.57. The van der Waals surface area contributed by atoms with E-state index < -0.39 is 0 Å². The van der Waals surface area contributed by atoms with E-state index in [1.54, 1.807) is 0 Å². The molecule has 1 unspecified atom stereocenters. The Bertz CT molecular complexity index is 217. The van der Waals surface area contributed by atoms with E-state index in [2.05, 4.69) is 0 Å². The molecule has 88 valence electrons. The molecule has 1 saturated carbocycles. The van der Waals surface area contributed by atoms with E-state index in [1.165, 1.54) is 12.8 Å². The lowest BCUT2D eigenvalue weighted by atomic mass is 9.78. The molecule has 1 N–H and O–H groups in total. The van der Waals surface area contributed by atoms with E-state index in [0.29, 0.717) is 12.7 Å². The summed E-state index contributed by atoms with van der Waals surface area (Å²) in [5.74, 6) is 0. The molecule has 1 aliphatic carbocycles. The van der Waals surface area contributed by atoms with Gasteiger partial charge in [-0.05, 0) is 33.1 Å². The van der Waals surface area contributed by atoms with Crippen LogP contribution in [0, 0.1) is 5.41 Å². The van der Waals surface area contributed by atoms with E-state index in [4.69, 9.17) is 9.47 Å². The highest BCUT2D eigenvalue weighted by Gasteiger charge is 2.51.